The van der Waals surface area contributed by atoms with Gasteiger partial charge in [0.25, 0.3) is 5.91 Å². The van der Waals surface area contributed by atoms with Gasteiger partial charge in [0.05, 0.1) is 0 Å². The van der Waals surface area contributed by atoms with E-state index in [9.17, 15) is 9.59 Å². The van der Waals surface area contributed by atoms with Crippen LogP contribution in [0.1, 0.15) is 30.5 Å². The zero-order valence-electron chi connectivity index (χ0n) is 15.3. The molecule has 0 aliphatic rings. The van der Waals surface area contributed by atoms with Gasteiger partial charge in [0.1, 0.15) is 5.75 Å². The van der Waals surface area contributed by atoms with Gasteiger partial charge in [-0.05, 0) is 68.7 Å². The van der Waals surface area contributed by atoms with Crippen molar-refractivity contribution in [3.8, 4) is 5.75 Å². The third-order valence-corrected chi connectivity index (χ3v) is 3.89. The van der Waals surface area contributed by atoms with E-state index in [4.69, 9.17) is 4.74 Å². The summed E-state index contributed by atoms with van der Waals surface area (Å²) in [6.45, 7) is 9.15. The van der Waals surface area contributed by atoms with Crippen molar-refractivity contribution in [2.75, 3.05) is 10.6 Å². The maximum atomic E-state index is 12.4. The molecule has 5 nitrogen and oxygen atoms in total. The second-order valence-electron chi connectivity index (χ2n) is 6.22. The summed E-state index contributed by atoms with van der Waals surface area (Å²) in [5, 5.41) is 5.49. The van der Waals surface area contributed by atoms with E-state index < -0.39 is 6.10 Å². The van der Waals surface area contributed by atoms with E-state index in [1.165, 1.54) is 6.92 Å². The van der Waals surface area contributed by atoms with Crippen LogP contribution >= 0.6 is 0 Å². The predicted octanol–water partition coefficient (Wildman–Crippen LogP) is 3.98. The Bertz CT molecular complexity index is 800. The number of carbonyl (C=O) groups excluding carboxylic acids is 2. The molecular weight excluding hydrogens is 316 g/mol. The Morgan fingerprint density at radius 2 is 1.64 bits per heavy atom. The zero-order valence-corrected chi connectivity index (χ0v) is 15.3. The molecule has 0 fully saturated rings. The SMILES string of the molecule is CC(=O)Nc1cccc(NC(=O)[C@@H](C)Oc2cc(C)cc(C)c2C)c1. The highest BCUT2D eigenvalue weighted by Gasteiger charge is 2.17. The molecule has 0 radical (unpaired) electrons. The second-order valence-corrected chi connectivity index (χ2v) is 6.22. The van der Waals surface area contributed by atoms with Gasteiger partial charge in [-0.3, -0.25) is 9.59 Å². The molecule has 0 saturated carbocycles. The van der Waals surface area contributed by atoms with Crippen LogP contribution in [0.4, 0.5) is 11.4 Å². The summed E-state index contributed by atoms with van der Waals surface area (Å²) in [7, 11) is 0. The molecule has 25 heavy (non-hydrogen) atoms. The average Bonchev–Trinajstić information content (AvgIpc) is 2.51. The van der Waals surface area contributed by atoms with Crippen LogP contribution in [0, 0.1) is 20.8 Å². The first-order chi connectivity index (χ1) is 11.8. The lowest BCUT2D eigenvalue weighted by Crippen LogP contribution is -2.30. The molecule has 2 N–H and O–H groups in total. The van der Waals surface area contributed by atoms with Crippen LogP contribution < -0.4 is 15.4 Å². The van der Waals surface area contributed by atoms with E-state index in [1.54, 1.807) is 31.2 Å². The lowest BCUT2D eigenvalue weighted by molar-refractivity contribution is -0.122. The van der Waals surface area contributed by atoms with Crippen LogP contribution in [0.25, 0.3) is 0 Å². The van der Waals surface area contributed by atoms with Gasteiger partial charge in [-0.15, -0.1) is 0 Å². The van der Waals surface area contributed by atoms with Gasteiger partial charge < -0.3 is 15.4 Å². The molecule has 0 bridgehead atoms. The molecular formula is C20H24N2O3. The summed E-state index contributed by atoms with van der Waals surface area (Å²) >= 11 is 0. The predicted molar refractivity (Wildman–Crippen MR) is 100 cm³/mol. The number of rotatable bonds is 5. The molecule has 2 aromatic carbocycles. The molecule has 2 rings (SSSR count). The summed E-state index contributed by atoms with van der Waals surface area (Å²) in [4.78, 5) is 23.5. The minimum atomic E-state index is -0.649. The summed E-state index contributed by atoms with van der Waals surface area (Å²) < 4.78 is 5.85. The van der Waals surface area contributed by atoms with E-state index in [0.29, 0.717) is 17.1 Å². The fourth-order valence-electron chi connectivity index (χ4n) is 2.49. The molecule has 0 unspecified atom stereocenters. The van der Waals surface area contributed by atoms with Crippen molar-refractivity contribution in [2.45, 2.75) is 40.7 Å². The van der Waals surface area contributed by atoms with Crippen LogP contribution in [-0.4, -0.2) is 17.9 Å². The fraction of sp³-hybridized carbons (Fsp3) is 0.300. The van der Waals surface area contributed by atoms with E-state index in [2.05, 4.69) is 16.7 Å². The Balaban J connectivity index is 2.07. The minimum absolute atomic E-state index is 0.162. The number of benzene rings is 2. The van der Waals surface area contributed by atoms with E-state index in [-0.39, 0.29) is 11.8 Å². The van der Waals surface area contributed by atoms with Crippen molar-refractivity contribution in [2.24, 2.45) is 0 Å². The van der Waals surface area contributed by atoms with Crippen molar-refractivity contribution in [1.82, 2.24) is 0 Å². The molecule has 0 aliphatic carbocycles. The molecule has 0 aliphatic heterocycles. The third-order valence-electron chi connectivity index (χ3n) is 3.89. The van der Waals surface area contributed by atoms with Crippen molar-refractivity contribution < 1.29 is 14.3 Å². The number of nitrogens with one attached hydrogen (secondary N) is 2. The second kappa shape index (κ2) is 7.83. The molecule has 1 atom stereocenters. The van der Waals surface area contributed by atoms with Crippen LogP contribution in [-0.2, 0) is 9.59 Å². The van der Waals surface area contributed by atoms with Gasteiger partial charge >= 0.3 is 0 Å². The molecule has 5 heteroatoms. The van der Waals surface area contributed by atoms with Crippen LogP contribution in [0.5, 0.6) is 5.75 Å². The quantitative estimate of drug-likeness (QED) is 0.865. The van der Waals surface area contributed by atoms with Gasteiger partial charge in [-0.25, -0.2) is 0 Å². The van der Waals surface area contributed by atoms with Gasteiger partial charge in [0, 0.05) is 18.3 Å². The van der Waals surface area contributed by atoms with Crippen LogP contribution in [0.15, 0.2) is 36.4 Å². The fourth-order valence-corrected chi connectivity index (χ4v) is 2.49. The standard InChI is InChI=1S/C20H24N2O3/c1-12-9-13(2)14(3)19(10-12)25-15(4)20(24)22-18-8-6-7-17(11-18)21-16(5)23/h6-11,15H,1-5H3,(H,21,23)(H,22,24)/t15-/m1/s1. The zero-order chi connectivity index (χ0) is 18.6. The molecule has 2 amide bonds. The Hall–Kier alpha value is -2.82. The first-order valence-corrected chi connectivity index (χ1v) is 8.19. The first-order valence-electron chi connectivity index (χ1n) is 8.19. The monoisotopic (exact) mass is 340 g/mol. The largest absolute Gasteiger partial charge is 0.481 e. The number of hydrogen-bond acceptors (Lipinski definition) is 3. The smallest absolute Gasteiger partial charge is 0.265 e. The van der Waals surface area contributed by atoms with Gasteiger partial charge in [0.15, 0.2) is 6.10 Å². The molecule has 0 heterocycles. The summed E-state index contributed by atoms with van der Waals surface area (Å²) in [6.07, 6.45) is -0.649. The highest BCUT2D eigenvalue weighted by atomic mass is 16.5. The van der Waals surface area contributed by atoms with E-state index >= 15 is 0 Å². The van der Waals surface area contributed by atoms with Crippen molar-refractivity contribution in [1.29, 1.82) is 0 Å². The molecule has 0 spiro atoms. The number of anilines is 2. The number of amides is 2. The molecule has 0 saturated heterocycles. The molecule has 132 valence electrons. The van der Waals surface area contributed by atoms with Crippen molar-refractivity contribution in [3.05, 3.63) is 53.1 Å². The van der Waals surface area contributed by atoms with Gasteiger partial charge in [-0.1, -0.05) is 12.1 Å². The maximum Gasteiger partial charge on any atom is 0.265 e. The summed E-state index contributed by atoms with van der Waals surface area (Å²) in [6, 6.07) is 11.0. The Labute approximate surface area is 148 Å². The highest BCUT2D eigenvalue weighted by Crippen LogP contribution is 2.24. The van der Waals surface area contributed by atoms with Crippen molar-refractivity contribution >= 4 is 23.2 Å². The Kier molecular flexibility index (Phi) is 5.80. The maximum absolute atomic E-state index is 12.4. The van der Waals surface area contributed by atoms with Crippen LogP contribution in [0.2, 0.25) is 0 Å². The third kappa shape index (κ3) is 5.08. The number of hydrogen-bond donors (Lipinski definition) is 2. The highest BCUT2D eigenvalue weighted by molar-refractivity contribution is 5.95. The average molecular weight is 340 g/mol. The normalized spacial score (nSPS) is 11.6. The van der Waals surface area contributed by atoms with Crippen LogP contribution in [0.3, 0.4) is 0 Å². The van der Waals surface area contributed by atoms with E-state index in [0.717, 1.165) is 16.7 Å². The van der Waals surface area contributed by atoms with E-state index in [1.807, 2.05) is 26.8 Å². The number of carbonyl (C=O) groups is 2. The minimum Gasteiger partial charge on any atom is -0.481 e. The summed E-state index contributed by atoms with van der Waals surface area (Å²) in [5.41, 5.74) is 4.48. The van der Waals surface area contributed by atoms with Gasteiger partial charge in [0.2, 0.25) is 5.91 Å². The number of ether oxygens (including phenoxy) is 1. The topological polar surface area (TPSA) is 67.4 Å². The lowest BCUT2D eigenvalue weighted by Gasteiger charge is -2.18. The molecule has 0 aromatic heterocycles. The first kappa shape index (κ1) is 18.5. The van der Waals surface area contributed by atoms with Crippen molar-refractivity contribution in [3.63, 3.8) is 0 Å². The summed E-state index contributed by atoms with van der Waals surface area (Å²) in [5.74, 6) is 0.302. The van der Waals surface area contributed by atoms with Gasteiger partial charge in [-0.2, -0.15) is 0 Å². The Morgan fingerprint density at radius 3 is 2.28 bits per heavy atom. The number of aryl methyl sites for hydroxylation is 2. The molecule has 2 aromatic rings. The lowest BCUT2D eigenvalue weighted by atomic mass is 10.1. The Morgan fingerprint density at radius 1 is 1.00 bits per heavy atom.